The van der Waals surface area contributed by atoms with Crippen LogP contribution in [-0.2, 0) is 0 Å². The molecule has 1 N–H and O–H groups in total. The third kappa shape index (κ3) is 3.08. The molecule has 4 heteroatoms. The fourth-order valence-electron chi connectivity index (χ4n) is 1.40. The van der Waals surface area contributed by atoms with Crippen molar-refractivity contribution in [1.29, 1.82) is 0 Å². The maximum atomic E-state index is 12.0. The summed E-state index contributed by atoms with van der Waals surface area (Å²) in [5, 5.41) is 0. The maximum absolute atomic E-state index is 12.0. The van der Waals surface area contributed by atoms with Crippen LogP contribution in [0.4, 0.5) is 0 Å². The van der Waals surface area contributed by atoms with Gasteiger partial charge in [-0.25, -0.2) is 0 Å². The zero-order valence-electron chi connectivity index (χ0n) is 9.62. The van der Waals surface area contributed by atoms with E-state index >= 15 is 0 Å². The Hall–Kier alpha value is -1.84. The first-order chi connectivity index (χ1) is 7.54. The summed E-state index contributed by atoms with van der Waals surface area (Å²) in [5.74, 6) is -0.178. The average molecular weight is 220 g/mol. The molecule has 1 aromatic rings. The summed E-state index contributed by atoms with van der Waals surface area (Å²) in [6, 6.07) is 4.55. The Morgan fingerprint density at radius 2 is 2.19 bits per heavy atom. The number of aromatic amines is 1. The molecule has 1 heterocycles. The summed E-state index contributed by atoms with van der Waals surface area (Å²) >= 11 is 0. The van der Waals surface area contributed by atoms with Gasteiger partial charge in [0.25, 0.3) is 5.91 Å². The van der Waals surface area contributed by atoms with Crippen molar-refractivity contribution in [2.45, 2.75) is 13.8 Å². The minimum atomic E-state index is -0.266. The molecule has 0 fully saturated rings. The third-order valence-corrected chi connectivity index (χ3v) is 2.13. The summed E-state index contributed by atoms with van der Waals surface area (Å²) in [4.78, 5) is 27.2. The van der Waals surface area contributed by atoms with Crippen LogP contribution in [0.15, 0.2) is 35.1 Å². The van der Waals surface area contributed by atoms with Crippen molar-refractivity contribution in [2.24, 2.45) is 0 Å². The number of amides is 1. The number of carbonyl (C=O) groups is 1. The van der Waals surface area contributed by atoms with Gasteiger partial charge in [0, 0.05) is 19.2 Å². The average Bonchev–Trinajstić information content (AvgIpc) is 2.24. The van der Waals surface area contributed by atoms with Crippen molar-refractivity contribution in [1.82, 2.24) is 9.88 Å². The van der Waals surface area contributed by atoms with Gasteiger partial charge in [0.1, 0.15) is 5.69 Å². The van der Waals surface area contributed by atoms with Gasteiger partial charge in [-0.15, -0.1) is 0 Å². The number of nitrogens with zero attached hydrogens (tertiary/aromatic N) is 1. The van der Waals surface area contributed by atoms with Crippen LogP contribution in [0.25, 0.3) is 0 Å². The van der Waals surface area contributed by atoms with Crippen LogP contribution < -0.4 is 5.56 Å². The van der Waals surface area contributed by atoms with E-state index in [1.54, 1.807) is 17.0 Å². The number of pyridine rings is 1. The van der Waals surface area contributed by atoms with Crippen LogP contribution in [0.5, 0.6) is 0 Å². The first kappa shape index (κ1) is 12.2. The quantitative estimate of drug-likeness (QED) is 0.780. The molecular formula is C12H16N2O2. The molecule has 0 bridgehead atoms. The van der Waals surface area contributed by atoms with Gasteiger partial charge in [0.05, 0.1) is 0 Å². The first-order valence-corrected chi connectivity index (χ1v) is 5.17. The van der Waals surface area contributed by atoms with Gasteiger partial charge in [0.15, 0.2) is 0 Å². The highest BCUT2D eigenvalue weighted by Crippen LogP contribution is 2.02. The van der Waals surface area contributed by atoms with Gasteiger partial charge in [0.2, 0.25) is 5.56 Å². The molecule has 1 rings (SSSR count). The standard InChI is InChI=1S/C12H16N2O2/c1-4-14(8-9(2)3)12(16)10-6-5-7-11(15)13-10/h5-7H,2,4,8H2,1,3H3,(H,13,15). The molecule has 0 aromatic carbocycles. The Morgan fingerprint density at radius 1 is 1.50 bits per heavy atom. The lowest BCUT2D eigenvalue weighted by molar-refractivity contribution is 0.0772. The van der Waals surface area contributed by atoms with Crippen LogP contribution in [0.1, 0.15) is 24.3 Å². The molecule has 1 aromatic heterocycles. The molecule has 0 aliphatic heterocycles. The van der Waals surface area contributed by atoms with E-state index in [1.165, 1.54) is 6.07 Å². The van der Waals surface area contributed by atoms with Crippen LogP contribution in [0.2, 0.25) is 0 Å². The van der Waals surface area contributed by atoms with Gasteiger partial charge in [-0.2, -0.15) is 0 Å². The minimum absolute atomic E-state index is 0.178. The highest BCUT2D eigenvalue weighted by atomic mass is 16.2. The second-order valence-electron chi connectivity index (χ2n) is 3.71. The number of carbonyl (C=O) groups excluding carboxylic acids is 1. The van der Waals surface area contributed by atoms with Crippen LogP contribution in [0, 0.1) is 0 Å². The second kappa shape index (κ2) is 5.30. The number of likely N-dealkylation sites (N-methyl/N-ethyl adjacent to an activating group) is 1. The van der Waals surface area contributed by atoms with E-state index in [-0.39, 0.29) is 11.5 Å². The number of hydrogen-bond donors (Lipinski definition) is 1. The number of H-pyrrole nitrogens is 1. The van der Waals surface area contributed by atoms with Crippen molar-refractivity contribution in [3.05, 3.63) is 46.4 Å². The largest absolute Gasteiger partial charge is 0.334 e. The fourth-order valence-corrected chi connectivity index (χ4v) is 1.40. The molecular weight excluding hydrogens is 204 g/mol. The Kier molecular flexibility index (Phi) is 4.05. The topological polar surface area (TPSA) is 53.2 Å². The predicted octanol–water partition coefficient (Wildman–Crippen LogP) is 1.41. The maximum Gasteiger partial charge on any atom is 0.270 e. The summed E-state index contributed by atoms with van der Waals surface area (Å²) < 4.78 is 0. The van der Waals surface area contributed by atoms with Crippen LogP contribution in [-0.4, -0.2) is 28.9 Å². The lowest BCUT2D eigenvalue weighted by Gasteiger charge is -2.20. The number of nitrogens with one attached hydrogen (secondary N) is 1. The van der Waals surface area contributed by atoms with Crippen molar-refractivity contribution in [3.63, 3.8) is 0 Å². The van der Waals surface area contributed by atoms with Crippen molar-refractivity contribution in [3.8, 4) is 0 Å². The smallest absolute Gasteiger partial charge is 0.270 e. The van der Waals surface area contributed by atoms with Crippen LogP contribution >= 0.6 is 0 Å². The Morgan fingerprint density at radius 3 is 2.69 bits per heavy atom. The minimum Gasteiger partial charge on any atom is -0.334 e. The zero-order chi connectivity index (χ0) is 12.1. The molecule has 0 spiro atoms. The monoisotopic (exact) mass is 220 g/mol. The van der Waals surface area contributed by atoms with E-state index in [9.17, 15) is 9.59 Å². The second-order valence-corrected chi connectivity index (χ2v) is 3.71. The normalized spacial score (nSPS) is 9.88. The molecule has 0 unspecified atom stereocenters. The van der Waals surface area contributed by atoms with Gasteiger partial charge in [-0.3, -0.25) is 9.59 Å². The van der Waals surface area contributed by atoms with E-state index in [0.29, 0.717) is 18.8 Å². The lowest BCUT2D eigenvalue weighted by Crippen LogP contribution is -2.33. The van der Waals surface area contributed by atoms with Gasteiger partial charge in [-0.1, -0.05) is 18.2 Å². The van der Waals surface area contributed by atoms with E-state index in [0.717, 1.165) is 5.57 Å². The van der Waals surface area contributed by atoms with E-state index in [4.69, 9.17) is 0 Å². The number of aromatic nitrogens is 1. The molecule has 0 saturated carbocycles. The SMILES string of the molecule is C=C(C)CN(CC)C(=O)c1cccc(=O)[nH]1. The summed E-state index contributed by atoms with van der Waals surface area (Å²) in [7, 11) is 0. The third-order valence-electron chi connectivity index (χ3n) is 2.13. The Bertz CT molecular complexity index is 448. The first-order valence-electron chi connectivity index (χ1n) is 5.17. The predicted molar refractivity (Wildman–Crippen MR) is 63.5 cm³/mol. The van der Waals surface area contributed by atoms with Gasteiger partial charge >= 0.3 is 0 Å². The number of hydrogen-bond acceptors (Lipinski definition) is 2. The number of rotatable bonds is 4. The molecule has 4 nitrogen and oxygen atoms in total. The zero-order valence-corrected chi connectivity index (χ0v) is 9.62. The molecule has 0 radical (unpaired) electrons. The Balaban J connectivity index is 2.91. The highest BCUT2D eigenvalue weighted by molar-refractivity contribution is 5.92. The summed E-state index contributed by atoms with van der Waals surface area (Å²) in [6.07, 6.45) is 0. The molecule has 16 heavy (non-hydrogen) atoms. The van der Waals surface area contributed by atoms with Gasteiger partial charge in [-0.05, 0) is 19.9 Å². The molecule has 86 valence electrons. The van der Waals surface area contributed by atoms with E-state index < -0.39 is 0 Å². The summed E-state index contributed by atoms with van der Waals surface area (Å²) in [5.41, 5.74) is 0.960. The van der Waals surface area contributed by atoms with Crippen molar-refractivity contribution < 1.29 is 4.79 Å². The van der Waals surface area contributed by atoms with Crippen LogP contribution in [0.3, 0.4) is 0 Å². The summed E-state index contributed by atoms with van der Waals surface area (Å²) in [6.45, 7) is 8.62. The Labute approximate surface area is 94.6 Å². The van der Waals surface area contributed by atoms with E-state index in [1.807, 2.05) is 13.8 Å². The van der Waals surface area contributed by atoms with Crippen molar-refractivity contribution >= 4 is 5.91 Å². The lowest BCUT2D eigenvalue weighted by atomic mass is 10.2. The molecule has 0 saturated heterocycles. The van der Waals surface area contributed by atoms with E-state index in [2.05, 4.69) is 11.6 Å². The fraction of sp³-hybridized carbons (Fsp3) is 0.333. The molecule has 0 atom stereocenters. The molecule has 1 amide bonds. The molecule has 0 aliphatic carbocycles. The molecule has 0 aliphatic rings. The highest BCUT2D eigenvalue weighted by Gasteiger charge is 2.14. The van der Waals surface area contributed by atoms with Gasteiger partial charge < -0.3 is 9.88 Å². The van der Waals surface area contributed by atoms with Crippen molar-refractivity contribution in [2.75, 3.05) is 13.1 Å².